The van der Waals surface area contributed by atoms with Crippen LogP contribution in [0.1, 0.15) is 51.2 Å². The SMILES string of the molecule is CC(C)(C)c1ccc(CCCCNCCCN)cc1. The van der Waals surface area contributed by atoms with Crippen molar-refractivity contribution in [2.75, 3.05) is 19.6 Å². The van der Waals surface area contributed by atoms with Gasteiger partial charge in [-0.3, -0.25) is 0 Å². The highest BCUT2D eigenvalue weighted by atomic mass is 14.8. The van der Waals surface area contributed by atoms with Crippen molar-refractivity contribution in [1.82, 2.24) is 5.32 Å². The fourth-order valence-corrected chi connectivity index (χ4v) is 2.10. The normalized spacial score (nSPS) is 11.8. The Balaban J connectivity index is 2.20. The van der Waals surface area contributed by atoms with Crippen molar-refractivity contribution in [1.29, 1.82) is 0 Å². The lowest BCUT2D eigenvalue weighted by atomic mass is 9.86. The fraction of sp³-hybridized carbons (Fsp3) is 0.647. The van der Waals surface area contributed by atoms with Crippen molar-refractivity contribution in [3.63, 3.8) is 0 Å². The van der Waals surface area contributed by atoms with Gasteiger partial charge in [0.1, 0.15) is 0 Å². The molecule has 108 valence electrons. The van der Waals surface area contributed by atoms with E-state index in [2.05, 4.69) is 50.4 Å². The fourth-order valence-electron chi connectivity index (χ4n) is 2.10. The molecule has 0 aromatic heterocycles. The minimum Gasteiger partial charge on any atom is -0.330 e. The van der Waals surface area contributed by atoms with Crippen molar-refractivity contribution in [3.05, 3.63) is 35.4 Å². The second-order valence-corrected chi connectivity index (χ2v) is 6.30. The summed E-state index contributed by atoms with van der Waals surface area (Å²) in [5.41, 5.74) is 8.57. The van der Waals surface area contributed by atoms with E-state index in [0.29, 0.717) is 0 Å². The summed E-state index contributed by atoms with van der Waals surface area (Å²) in [4.78, 5) is 0. The van der Waals surface area contributed by atoms with Gasteiger partial charge in [0.15, 0.2) is 0 Å². The van der Waals surface area contributed by atoms with Gasteiger partial charge in [-0.05, 0) is 61.9 Å². The molecule has 0 saturated carbocycles. The van der Waals surface area contributed by atoms with Crippen LogP contribution in [0.2, 0.25) is 0 Å². The standard InChI is InChI=1S/C17H30N2/c1-17(2,3)16-10-8-15(9-11-16)7-4-5-13-19-14-6-12-18/h8-11,19H,4-7,12-14,18H2,1-3H3. The van der Waals surface area contributed by atoms with Gasteiger partial charge < -0.3 is 11.1 Å². The van der Waals surface area contributed by atoms with Crippen LogP contribution in [0.15, 0.2) is 24.3 Å². The van der Waals surface area contributed by atoms with Crippen LogP contribution in [0.25, 0.3) is 0 Å². The lowest BCUT2D eigenvalue weighted by molar-refractivity contribution is 0.589. The topological polar surface area (TPSA) is 38.0 Å². The highest BCUT2D eigenvalue weighted by molar-refractivity contribution is 5.27. The van der Waals surface area contributed by atoms with Crippen molar-refractivity contribution in [2.45, 2.75) is 51.9 Å². The smallest absolute Gasteiger partial charge is 0.00369 e. The molecule has 0 atom stereocenters. The van der Waals surface area contributed by atoms with Gasteiger partial charge in [-0.1, -0.05) is 45.0 Å². The highest BCUT2D eigenvalue weighted by Gasteiger charge is 2.12. The van der Waals surface area contributed by atoms with E-state index < -0.39 is 0 Å². The second-order valence-electron chi connectivity index (χ2n) is 6.30. The second kappa shape index (κ2) is 8.34. The first-order valence-electron chi connectivity index (χ1n) is 7.54. The molecule has 1 aromatic rings. The molecule has 19 heavy (non-hydrogen) atoms. The van der Waals surface area contributed by atoms with Crippen LogP contribution in [0.4, 0.5) is 0 Å². The zero-order valence-electron chi connectivity index (χ0n) is 12.8. The van der Waals surface area contributed by atoms with Gasteiger partial charge in [0.05, 0.1) is 0 Å². The van der Waals surface area contributed by atoms with Crippen LogP contribution in [0, 0.1) is 0 Å². The van der Waals surface area contributed by atoms with E-state index in [9.17, 15) is 0 Å². The average molecular weight is 262 g/mol. The van der Waals surface area contributed by atoms with E-state index in [1.807, 2.05) is 0 Å². The lowest BCUT2D eigenvalue weighted by Crippen LogP contribution is -2.19. The molecule has 1 aromatic carbocycles. The Hall–Kier alpha value is -0.860. The van der Waals surface area contributed by atoms with E-state index >= 15 is 0 Å². The number of hydrogen-bond donors (Lipinski definition) is 2. The third-order valence-corrected chi connectivity index (χ3v) is 3.45. The summed E-state index contributed by atoms with van der Waals surface area (Å²) >= 11 is 0. The lowest BCUT2D eigenvalue weighted by Gasteiger charge is -2.19. The van der Waals surface area contributed by atoms with Crippen LogP contribution < -0.4 is 11.1 Å². The van der Waals surface area contributed by atoms with Crippen LogP contribution >= 0.6 is 0 Å². The number of nitrogens with two attached hydrogens (primary N) is 1. The molecule has 0 aliphatic rings. The highest BCUT2D eigenvalue weighted by Crippen LogP contribution is 2.22. The number of aryl methyl sites for hydroxylation is 1. The molecule has 0 heterocycles. The minimum atomic E-state index is 0.255. The summed E-state index contributed by atoms with van der Waals surface area (Å²) in [6.45, 7) is 9.73. The molecule has 0 amide bonds. The van der Waals surface area contributed by atoms with E-state index in [4.69, 9.17) is 5.73 Å². The number of hydrogen-bond acceptors (Lipinski definition) is 2. The molecular weight excluding hydrogens is 232 g/mol. The Kier molecular flexibility index (Phi) is 7.11. The molecule has 0 aliphatic heterocycles. The Labute approximate surface area is 118 Å². The average Bonchev–Trinajstić information content (AvgIpc) is 2.37. The summed E-state index contributed by atoms with van der Waals surface area (Å²) in [5, 5.41) is 3.42. The van der Waals surface area contributed by atoms with E-state index in [0.717, 1.165) is 26.1 Å². The maximum Gasteiger partial charge on any atom is -0.00369 e. The Bertz CT molecular complexity index is 335. The van der Waals surface area contributed by atoms with Gasteiger partial charge in [-0.2, -0.15) is 0 Å². The summed E-state index contributed by atoms with van der Waals surface area (Å²) in [5.74, 6) is 0. The maximum atomic E-state index is 5.45. The van der Waals surface area contributed by atoms with Crippen LogP contribution in [-0.4, -0.2) is 19.6 Å². The Morgan fingerprint density at radius 1 is 0.947 bits per heavy atom. The molecule has 1 rings (SSSR count). The van der Waals surface area contributed by atoms with Gasteiger partial charge >= 0.3 is 0 Å². The number of rotatable bonds is 8. The van der Waals surface area contributed by atoms with Crippen molar-refractivity contribution in [3.8, 4) is 0 Å². The van der Waals surface area contributed by atoms with Crippen LogP contribution in [0.3, 0.4) is 0 Å². The number of unbranched alkanes of at least 4 members (excludes halogenated alkanes) is 1. The quantitative estimate of drug-likeness (QED) is 0.706. The van der Waals surface area contributed by atoms with Crippen molar-refractivity contribution < 1.29 is 0 Å². The molecule has 2 heteroatoms. The summed E-state index contributed by atoms with van der Waals surface area (Å²) < 4.78 is 0. The number of benzene rings is 1. The molecule has 0 saturated heterocycles. The van der Waals surface area contributed by atoms with Crippen LogP contribution in [0.5, 0.6) is 0 Å². The molecular formula is C17H30N2. The first kappa shape index (κ1) is 16.2. The summed E-state index contributed by atoms with van der Waals surface area (Å²) in [6, 6.07) is 9.11. The van der Waals surface area contributed by atoms with Crippen molar-refractivity contribution in [2.24, 2.45) is 5.73 Å². The number of nitrogens with one attached hydrogen (secondary N) is 1. The monoisotopic (exact) mass is 262 g/mol. The third kappa shape index (κ3) is 6.74. The maximum absolute atomic E-state index is 5.45. The molecule has 2 nitrogen and oxygen atoms in total. The molecule has 0 radical (unpaired) electrons. The molecule has 0 bridgehead atoms. The first-order chi connectivity index (χ1) is 9.04. The van der Waals surface area contributed by atoms with Gasteiger partial charge in [0, 0.05) is 0 Å². The Morgan fingerprint density at radius 3 is 2.16 bits per heavy atom. The first-order valence-corrected chi connectivity index (χ1v) is 7.54. The predicted octanol–water partition coefficient (Wildman–Crippen LogP) is 3.25. The van der Waals surface area contributed by atoms with E-state index in [1.54, 1.807) is 0 Å². The minimum absolute atomic E-state index is 0.255. The van der Waals surface area contributed by atoms with E-state index in [-0.39, 0.29) is 5.41 Å². The molecule has 0 unspecified atom stereocenters. The molecule has 0 spiro atoms. The van der Waals surface area contributed by atoms with Crippen LogP contribution in [-0.2, 0) is 11.8 Å². The zero-order valence-corrected chi connectivity index (χ0v) is 12.8. The zero-order chi connectivity index (χ0) is 14.1. The van der Waals surface area contributed by atoms with E-state index in [1.165, 1.54) is 30.4 Å². The molecule has 0 aliphatic carbocycles. The van der Waals surface area contributed by atoms with Gasteiger partial charge in [0.2, 0.25) is 0 Å². The molecule has 3 N–H and O–H groups in total. The van der Waals surface area contributed by atoms with Gasteiger partial charge in [0.25, 0.3) is 0 Å². The summed E-state index contributed by atoms with van der Waals surface area (Å²) in [7, 11) is 0. The Morgan fingerprint density at radius 2 is 1.58 bits per heavy atom. The molecule has 0 fully saturated rings. The third-order valence-electron chi connectivity index (χ3n) is 3.45. The van der Waals surface area contributed by atoms with Gasteiger partial charge in [-0.25, -0.2) is 0 Å². The van der Waals surface area contributed by atoms with Crippen molar-refractivity contribution >= 4 is 0 Å². The largest absolute Gasteiger partial charge is 0.330 e. The predicted molar refractivity (Wildman–Crippen MR) is 84.6 cm³/mol. The van der Waals surface area contributed by atoms with Gasteiger partial charge in [-0.15, -0.1) is 0 Å². The summed E-state index contributed by atoms with van der Waals surface area (Å²) in [6.07, 6.45) is 4.76.